The molecular formula is C23H24N4O2S. The molecule has 0 bridgehead atoms. The highest BCUT2D eigenvalue weighted by Crippen LogP contribution is 2.23. The summed E-state index contributed by atoms with van der Waals surface area (Å²) in [6.45, 7) is 0.980. The number of anilines is 2. The van der Waals surface area contributed by atoms with E-state index in [1.807, 2.05) is 72.7 Å². The monoisotopic (exact) mass is 420 g/mol. The fraction of sp³-hybridized carbons (Fsp3) is 0.174. The van der Waals surface area contributed by atoms with E-state index in [-0.39, 0.29) is 0 Å². The molecule has 0 fully saturated rings. The number of carbonyl (C=O) groups excluding carboxylic acids is 2. The second-order valence-electron chi connectivity index (χ2n) is 6.64. The molecule has 3 aromatic rings. The lowest BCUT2D eigenvalue weighted by Gasteiger charge is -2.19. The number of thioether (sulfide) groups is 1. The van der Waals surface area contributed by atoms with E-state index in [1.165, 1.54) is 0 Å². The Balaban J connectivity index is 1.40. The number of hydrogen-bond acceptors (Lipinski definition) is 5. The maximum Gasteiger partial charge on any atom is 0.313 e. The molecule has 6 nitrogen and oxygen atoms in total. The minimum absolute atomic E-state index is 0.377. The molecule has 2 N–H and O–H groups in total. The fourth-order valence-electron chi connectivity index (χ4n) is 2.70. The van der Waals surface area contributed by atoms with Gasteiger partial charge in [0.15, 0.2) is 0 Å². The Morgan fingerprint density at radius 2 is 1.73 bits per heavy atom. The van der Waals surface area contributed by atoms with E-state index in [0.29, 0.717) is 18.8 Å². The highest BCUT2D eigenvalue weighted by atomic mass is 32.2. The van der Waals surface area contributed by atoms with Crippen molar-refractivity contribution in [2.24, 2.45) is 0 Å². The summed E-state index contributed by atoms with van der Waals surface area (Å²) in [4.78, 5) is 31.3. The number of amides is 2. The molecular weight excluding hydrogens is 396 g/mol. The van der Waals surface area contributed by atoms with Crippen LogP contribution in [-0.4, -0.2) is 36.9 Å². The van der Waals surface area contributed by atoms with Gasteiger partial charge in [0.1, 0.15) is 0 Å². The molecule has 0 atom stereocenters. The number of benzene rings is 2. The van der Waals surface area contributed by atoms with Crippen LogP contribution in [0.2, 0.25) is 0 Å². The maximum absolute atomic E-state index is 12.1. The van der Waals surface area contributed by atoms with Gasteiger partial charge in [0, 0.05) is 54.6 Å². The molecule has 0 aliphatic carbocycles. The summed E-state index contributed by atoms with van der Waals surface area (Å²) in [5.74, 6) is -0.501. The number of likely N-dealkylation sites (N-methyl/N-ethyl adjacent to an activating group) is 1. The normalized spacial score (nSPS) is 10.3. The SMILES string of the molecule is CN(CCNC(=O)C(=O)Nc1ccc(SCc2cccnc2)cc1)c1ccccc1. The van der Waals surface area contributed by atoms with Gasteiger partial charge in [-0.1, -0.05) is 24.3 Å². The molecule has 154 valence electrons. The van der Waals surface area contributed by atoms with Crippen molar-refractivity contribution < 1.29 is 9.59 Å². The molecule has 3 rings (SSSR count). The van der Waals surface area contributed by atoms with Crippen LogP contribution in [0.15, 0.2) is 84.0 Å². The zero-order valence-electron chi connectivity index (χ0n) is 16.7. The van der Waals surface area contributed by atoms with Crippen LogP contribution < -0.4 is 15.5 Å². The lowest BCUT2D eigenvalue weighted by Crippen LogP contribution is -2.39. The number of carbonyl (C=O) groups is 2. The first kappa shape index (κ1) is 21.4. The average molecular weight is 421 g/mol. The Morgan fingerprint density at radius 1 is 0.967 bits per heavy atom. The van der Waals surface area contributed by atoms with E-state index in [0.717, 1.165) is 21.9 Å². The number of aromatic nitrogens is 1. The Kier molecular flexibility index (Phi) is 7.86. The predicted molar refractivity (Wildman–Crippen MR) is 122 cm³/mol. The van der Waals surface area contributed by atoms with Gasteiger partial charge < -0.3 is 15.5 Å². The molecule has 7 heteroatoms. The lowest BCUT2D eigenvalue weighted by atomic mass is 10.3. The Bertz CT molecular complexity index is 950. The Morgan fingerprint density at radius 3 is 2.43 bits per heavy atom. The van der Waals surface area contributed by atoms with Crippen LogP contribution in [0, 0.1) is 0 Å². The number of pyridine rings is 1. The van der Waals surface area contributed by atoms with Gasteiger partial charge in [-0.2, -0.15) is 0 Å². The van der Waals surface area contributed by atoms with Gasteiger partial charge in [0.05, 0.1) is 0 Å². The quantitative estimate of drug-likeness (QED) is 0.431. The fourth-order valence-corrected chi connectivity index (χ4v) is 3.53. The van der Waals surface area contributed by atoms with Crippen molar-refractivity contribution in [3.63, 3.8) is 0 Å². The summed E-state index contributed by atoms with van der Waals surface area (Å²) in [6, 6.07) is 21.2. The highest BCUT2D eigenvalue weighted by Gasteiger charge is 2.13. The number of para-hydroxylation sites is 1. The topological polar surface area (TPSA) is 74.3 Å². The second-order valence-corrected chi connectivity index (χ2v) is 7.69. The lowest BCUT2D eigenvalue weighted by molar-refractivity contribution is -0.136. The third-order valence-electron chi connectivity index (χ3n) is 4.38. The van der Waals surface area contributed by atoms with E-state index in [4.69, 9.17) is 0 Å². The molecule has 1 aromatic heterocycles. The first-order chi connectivity index (χ1) is 14.6. The van der Waals surface area contributed by atoms with Crippen LogP contribution in [0.3, 0.4) is 0 Å². The Hall–Kier alpha value is -3.32. The Labute approximate surface area is 180 Å². The molecule has 2 amide bonds. The van der Waals surface area contributed by atoms with Gasteiger partial charge in [-0.05, 0) is 48.0 Å². The molecule has 0 saturated carbocycles. The molecule has 2 aromatic carbocycles. The molecule has 0 radical (unpaired) electrons. The first-order valence-corrected chi connectivity index (χ1v) is 10.6. The molecule has 0 unspecified atom stereocenters. The van der Waals surface area contributed by atoms with Crippen molar-refractivity contribution in [3.8, 4) is 0 Å². The maximum atomic E-state index is 12.1. The standard InChI is InChI=1S/C23H24N4O2S/c1-27(20-7-3-2-4-8-20)15-14-25-22(28)23(29)26-19-9-11-21(12-10-19)30-17-18-6-5-13-24-16-18/h2-13,16H,14-15,17H2,1H3,(H,25,28)(H,26,29). The van der Waals surface area contributed by atoms with Crippen LogP contribution in [0.4, 0.5) is 11.4 Å². The summed E-state index contributed by atoms with van der Waals surface area (Å²) < 4.78 is 0. The third kappa shape index (κ3) is 6.63. The molecule has 0 aliphatic rings. The van der Waals surface area contributed by atoms with Gasteiger partial charge in [-0.3, -0.25) is 14.6 Å². The van der Waals surface area contributed by atoms with Crippen molar-refractivity contribution in [1.82, 2.24) is 10.3 Å². The van der Waals surface area contributed by atoms with Crippen molar-refractivity contribution in [2.75, 3.05) is 30.4 Å². The van der Waals surface area contributed by atoms with E-state index in [9.17, 15) is 9.59 Å². The molecule has 1 heterocycles. The van der Waals surface area contributed by atoms with Gasteiger partial charge in [-0.25, -0.2) is 0 Å². The predicted octanol–water partition coefficient (Wildman–Crippen LogP) is 3.57. The number of nitrogens with zero attached hydrogens (tertiary/aromatic N) is 2. The zero-order chi connectivity index (χ0) is 21.2. The first-order valence-electron chi connectivity index (χ1n) is 9.59. The van der Waals surface area contributed by atoms with Crippen molar-refractivity contribution in [3.05, 3.63) is 84.7 Å². The van der Waals surface area contributed by atoms with Crippen LogP contribution in [0.25, 0.3) is 0 Å². The van der Waals surface area contributed by atoms with Crippen molar-refractivity contribution in [2.45, 2.75) is 10.6 Å². The minimum Gasteiger partial charge on any atom is -0.373 e. The van der Waals surface area contributed by atoms with E-state index in [1.54, 1.807) is 30.1 Å². The van der Waals surface area contributed by atoms with Crippen LogP contribution >= 0.6 is 11.8 Å². The molecule has 0 spiro atoms. The van der Waals surface area contributed by atoms with Gasteiger partial charge in [0.2, 0.25) is 0 Å². The summed E-state index contributed by atoms with van der Waals surface area (Å²) >= 11 is 1.68. The summed E-state index contributed by atoms with van der Waals surface area (Å²) in [5, 5.41) is 5.28. The molecule has 0 aliphatic heterocycles. The van der Waals surface area contributed by atoms with Crippen molar-refractivity contribution >= 4 is 35.0 Å². The number of hydrogen-bond donors (Lipinski definition) is 2. The molecule has 0 saturated heterocycles. The summed E-state index contributed by atoms with van der Waals surface area (Å²) in [7, 11) is 1.94. The summed E-state index contributed by atoms with van der Waals surface area (Å²) in [5.41, 5.74) is 2.79. The number of nitrogens with one attached hydrogen (secondary N) is 2. The van der Waals surface area contributed by atoms with Gasteiger partial charge in [0.25, 0.3) is 0 Å². The van der Waals surface area contributed by atoms with Crippen LogP contribution in [0.1, 0.15) is 5.56 Å². The largest absolute Gasteiger partial charge is 0.373 e. The zero-order valence-corrected chi connectivity index (χ0v) is 17.6. The van der Waals surface area contributed by atoms with Crippen LogP contribution in [0.5, 0.6) is 0 Å². The summed E-state index contributed by atoms with van der Waals surface area (Å²) in [6.07, 6.45) is 3.60. The highest BCUT2D eigenvalue weighted by molar-refractivity contribution is 7.98. The average Bonchev–Trinajstić information content (AvgIpc) is 2.79. The second kappa shape index (κ2) is 11.0. The van der Waals surface area contributed by atoms with Crippen molar-refractivity contribution in [1.29, 1.82) is 0 Å². The number of rotatable bonds is 8. The minimum atomic E-state index is -0.673. The van der Waals surface area contributed by atoms with Crippen LogP contribution in [-0.2, 0) is 15.3 Å². The third-order valence-corrected chi connectivity index (χ3v) is 5.46. The van der Waals surface area contributed by atoms with E-state index >= 15 is 0 Å². The van der Waals surface area contributed by atoms with E-state index in [2.05, 4.69) is 15.6 Å². The van der Waals surface area contributed by atoms with Gasteiger partial charge >= 0.3 is 11.8 Å². The van der Waals surface area contributed by atoms with E-state index < -0.39 is 11.8 Å². The smallest absolute Gasteiger partial charge is 0.313 e. The van der Waals surface area contributed by atoms with Gasteiger partial charge in [-0.15, -0.1) is 11.8 Å². The molecule has 30 heavy (non-hydrogen) atoms.